The number of nitrogens with zero attached hydrogens (tertiary/aromatic N) is 4. The van der Waals surface area contributed by atoms with Crippen molar-refractivity contribution in [3.8, 4) is 6.07 Å². The van der Waals surface area contributed by atoms with E-state index in [4.69, 9.17) is 0 Å². The Labute approximate surface area is 181 Å². The lowest BCUT2D eigenvalue weighted by atomic mass is 10.1. The van der Waals surface area contributed by atoms with Gasteiger partial charge in [0.1, 0.15) is 0 Å². The maximum absolute atomic E-state index is 12.5. The summed E-state index contributed by atoms with van der Waals surface area (Å²) in [7, 11) is -3.64. The number of benzene rings is 2. The van der Waals surface area contributed by atoms with Crippen molar-refractivity contribution in [2.45, 2.75) is 11.4 Å². The van der Waals surface area contributed by atoms with Gasteiger partial charge in [0.15, 0.2) is 5.13 Å². The number of nitrogens with one attached hydrogen (secondary N) is 1. The number of aromatic nitrogens is 1. The molecule has 0 unspecified atom stereocenters. The minimum atomic E-state index is -3.64. The van der Waals surface area contributed by atoms with Crippen LogP contribution in [-0.2, 0) is 16.6 Å². The van der Waals surface area contributed by atoms with Gasteiger partial charge in [0.2, 0.25) is 0 Å². The predicted molar refractivity (Wildman–Crippen MR) is 120 cm³/mol. The molecule has 4 rings (SSSR count). The van der Waals surface area contributed by atoms with E-state index in [0.717, 1.165) is 49.5 Å². The van der Waals surface area contributed by atoms with Crippen LogP contribution in [0.15, 0.2) is 65.0 Å². The van der Waals surface area contributed by atoms with Gasteiger partial charge in [-0.1, -0.05) is 18.2 Å². The summed E-state index contributed by atoms with van der Waals surface area (Å²) < 4.78 is 27.4. The van der Waals surface area contributed by atoms with Crippen LogP contribution in [0.5, 0.6) is 0 Å². The maximum Gasteiger partial charge on any atom is 0.263 e. The summed E-state index contributed by atoms with van der Waals surface area (Å²) in [6.07, 6.45) is 1.56. The van der Waals surface area contributed by atoms with E-state index in [1.807, 2.05) is 36.4 Å². The molecule has 0 radical (unpaired) electrons. The van der Waals surface area contributed by atoms with E-state index >= 15 is 0 Å². The average Bonchev–Trinajstić information content (AvgIpc) is 3.27. The van der Waals surface area contributed by atoms with Crippen LogP contribution in [0.25, 0.3) is 0 Å². The molecule has 1 aromatic heterocycles. The van der Waals surface area contributed by atoms with Crippen molar-refractivity contribution in [3.05, 3.63) is 71.2 Å². The Morgan fingerprint density at radius 1 is 1.10 bits per heavy atom. The van der Waals surface area contributed by atoms with Gasteiger partial charge in [0.25, 0.3) is 10.0 Å². The zero-order valence-electron chi connectivity index (χ0n) is 16.2. The molecule has 1 N–H and O–H groups in total. The van der Waals surface area contributed by atoms with Crippen molar-refractivity contribution in [2.24, 2.45) is 0 Å². The second-order valence-corrected chi connectivity index (χ2v) is 9.55. The number of sulfonamides is 1. The van der Waals surface area contributed by atoms with Crippen molar-refractivity contribution in [1.29, 1.82) is 5.26 Å². The highest BCUT2D eigenvalue weighted by atomic mass is 32.2. The lowest BCUT2D eigenvalue weighted by Crippen LogP contribution is -2.46. The Balaban J connectivity index is 0.00000272. The number of hydrogen-bond donors (Lipinski definition) is 1. The second-order valence-electron chi connectivity index (χ2n) is 6.97. The summed E-state index contributed by atoms with van der Waals surface area (Å²) in [6.45, 7) is 4.21. The van der Waals surface area contributed by atoms with Crippen molar-refractivity contribution < 1.29 is 9.84 Å². The summed E-state index contributed by atoms with van der Waals surface area (Å²) in [6, 6.07) is 16.9. The van der Waals surface area contributed by atoms with E-state index in [2.05, 4.69) is 25.6 Å². The number of rotatable bonds is 6. The summed E-state index contributed by atoms with van der Waals surface area (Å²) >= 11 is 1.24. The molecule has 2 heterocycles. The third-order valence-electron chi connectivity index (χ3n) is 5.07. The van der Waals surface area contributed by atoms with E-state index in [-0.39, 0.29) is 6.32 Å². The minimum Gasteiger partial charge on any atom is -0.369 e. The highest BCUT2D eigenvalue weighted by Gasteiger charge is 2.20. The van der Waals surface area contributed by atoms with Gasteiger partial charge in [0, 0.05) is 51.4 Å². The van der Waals surface area contributed by atoms with Crippen molar-refractivity contribution >= 4 is 32.2 Å². The molecule has 156 valence electrons. The SMILES string of the molecule is N#Cc1ccccc1CN1CCN(c2ccc(S(=O)(=O)Nc3nccs3)cc2)CC1.[HH]. The average molecular weight is 442 g/mol. The van der Waals surface area contributed by atoms with Gasteiger partial charge < -0.3 is 4.90 Å². The third-order valence-corrected chi connectivity index (χ3v) is 7.24. The molecular weight excluding hydrogens is 418 g/mol. The number of hydrogen-bond acceptors (Lipinski definition) is 7. The van der Waals surface area contributed by atoms with Crippen molar-refractivity contribution in [3.63, 3.8) is 0 Å². The summed E-state index contributed by atoms with van der Waals surface area (Å²) in [5.41, 5.74) is 2.78. The Kier molecular flexibility index (Phi) is 5.99. The molecule has 1 saturated heterocycles. The first-order valence-electron chi connectivity index (χ1n) is 9.53. The van der Waals surface area contributed by atoms with Gasteiger partial charge in [-0.2, -0.15) is 5.26 Å². The standard InChI is InChI=1S/C21H21N5O2S2.H2/c22-15-17-3-1-2-4-18(17)16-25-10-12-26(13-11-25)19-5-7-20(8-6-19)30(27,28)24-21-23-9-14-29-21;/h1-9,14H,10-13,16H2,(H,23,24);1H. The van der Waals surface area contributed by atoms with Crippen LogP contribution in [0.3, 0.4) is 0 Å². The monoisotopic (exact) mass is 441 g/mol. The van der Waals surface area contributed by atoms with Crippen LogP contribution < -0.4 is 9.62 Å². The highest BCUT2D eigenvalue weighted by molar-refractivity contribution is 7.93. The first kappa shape index (κ1) is 20.3. The molecule has 0 bridgehead atoms. The first-order chi connectivity index (χ1) is 14.5. The molecule has 0 atom stereocenters. The molecule has 0 amide bonds. The van der Waals surface area contributed by atoms with E-state index < -0.39 is 10.0 Å². The molecule has 0 saturated carbocycles. The molecule has 0 aliphatic carbocycles. The van der Waals surface area contributed by atoms with Gasteiger partial charge in [0.05, 0.1) is 16.5 Å². The first-order valence-corrected chi connectivity index (χ1v) is 11.9. The third kappa shape index (κ3) is 4.62. The van der Waals surface area contributed by atoms with Crippen LogP contribution in [0.2, 0.25) is 0 Å². The number of thiazole rings is 1. The summed E-state index contributed by atoms with van der Waals surface area (Å²) in [5.74, 6) is 0. The van der Waals surface area contributed by atoms with Gasteiger partial charge in [-0.05, 0) is 35.9 Å². The molecule has 9 heteroatoms. The number of anilines is 2. The Hall–Kier alpha value is -2.93. The van der Waals surface area contributed by atoms with Crippen LogP contribution in [0.1, 0.15) is 12.6 Å². The molecule has 1 fully saturated rings. The Bertz CT molecular complexity index is 1140. The van der Waals surface area contributed by atoms with E-state index in [1.165, 1.54) is 11.3 Å². The predicted octanol–water partition coefficient (Wildman–Crippen LogP) is 3.38. The molecule has 0 spiro atoms. The smallest absolute Gasteiger partial charge is 0.263 e. The van der Waals surface area contributed by atoms with Gasteiger partial charge in [-0.25, -0.2) is 13.4 Å². The van der Waals surface area contributed by atoms with E-state index in [9.17, 15) is 13.7 Å². The fourth-order valence-corrected chi connectivity index (χ4v) is 5.24. The molecule has 7 nitrogen and oxygen atoms in total. The van der Waals surface area contributed by atoms with Gasteiger partial charge in [-0.3, -0.25) is 9.62 Å². The van der Waals surface area contributed by atoms with Crippen LogP contribution in [0.4, 0.5) is 10.8 Å². The molecule has 1 aliphatic rings. The van der Waals surface area contributed by atoms with E-state index in [0.29, 0.717) is 5.13 Å². The lowest BCUT2D eigenvalue weighted by Gasteiger charge is -2.36. The Morgan fingerprint density at radius 3 is 2.50 bits per heavy atom. The van der Waals surface area contributed by atoms with Crippen molar-refractivity contribution in [2.75, 3.05) is 35.8 Å². The largest absolute Gasteiger partial charge is 0.369 e. The number of nitriles is 1. The fourth-order valence-electron chi connectivity index (χ4n) is 3.46. The molecule has 3 aromatic rings. The Morgan fingerprint density at radius 2 is 1.83 bits per heavy atom. The zero-order chi connectivity index (χ0) is 21.0. The summed E-state index contributed by atoms with van der Waals surface area (Å²) in [5, 5.41) is 11.3. The van der Waals surface area contributed by atoms with Gasteiger partial charge >= 0.3 is 0 Å². The maximum atomic E-state index is 12.5. The number of piperazine rings is 1. The normalized spacial score (nSPS) is 15.0. The van der Waals surface area contributed by atoms with Gasteiger partial charge in [-0.15, -0.1) is 11.3 Å². The van der Waals surface area contributed by atoms with Crippen LogP contribution >= 0.6 is 11.3 Å². The lowest BCUT2D eigenvalue weighted by molar-refractivity contribution is 0.249. The second kappa shape index (κ2) is 8.83. The van der Waals surface area contributed by atoms with Crippen molar-refractivity contribution in [1.82, 2.24) is 9.88 Å². The minimum absolute atomic E-state index is 0. The summed E-state index contributed by atoms with van der Waals surface area (Å²) in [4.78, 5) is 8.76. The quantitative estimate of drug-likeness (QED) is 0.631. The zero-order valence-corrected chi connectivity index (χ0v) is 17.9. The fraction of sp³-hybridized carbons (Fsp3) is 0.238. The topological polar surface area (TPSA) is 89.3 Å². The molecule has 1 aliphatic heterocycles. The highest BCUT2D eigenvalue weighted by Crippen LogP contribution is 2.23. The molecular formula is C21H23N5O2S2. The molecule has 30 heavy (non-hydrogen) atoms. The van der Waals surface area contributed by atoms with Crippen LogP contribution in [-0.4, -0.2) is 44.5 Å². The van der Waals surface area contributed by atoms with E-state index in [1.54, 1.807) is 23.7 Å². The van der Waals surface area contributed by atoms with Crippen LogP contribution in [0, 0.1) is 11.3 Å². The molecule has 2 aromatic carbocycles.